The Morgan fingerprint density at radius 2 is 2.29 bits per heavy atom. The highest BCUT2D eigenvalue weighted by Gasteiger charge is 2.00. The van der Waals surface area contributed by atoms with Crippen molar-refractivity contribution in [3.63, 3.8) is 0 Å². The lowest BCUT2D eigenvalue weighted by molar-refractivity contribution is -0.142. The summed E-state index contributed by atoms with van der Waals surface area (Å²) in [7, 11) is 0. The van der Waals surface area contributed by atoms with Crippen molar-refractivity contribution in [1.29, 1.82) is 0 Å². The Kier molecular flexibility index (Phi) is 5.64. The van der Waals surface area contributed by atoms with Crippen LogP contribution in [-0.4, -0.2) is 40.0 Å². The second-order valence-corrected chi connectivity index (χ2v) is 3.75. The van der Waals surface area contributed by atoms with Crippen molar-refractivity contribution in [2.24, 2.45) is 0 Å². The molecular formula is C9H13N3O4S. The van der Waals surface area contributed by atoms with E-state index in [0.29, 0.717) is 5.16 Å². The lowest BCUT2D eigenvalue weighted by atomic mass is 10.7. The Labute approximate surface area is 102 Å². The molecule has 94 valence electrons. The first-order valence-corrected chi connectivity index (χ1v) is 6.04. The van der Waals surface area contributed by atoms with Crippen molar-refractivity contribution in [3.05, 3.63) is 16.8 Å². The van der Waals surface area contributed by atoms with Crippen molar-refractivity contribution in [3.8, 4) is 0 Å². The molecule has 1 aromatic rings. The van der Waals surface area contributed by atoms with E-state index in [1.165, 1.54) is 29.6 Å². The van der Waals surface area contributed by atoms with Gasteiger partial charge in [-0.05, 0) is 6.26 Å². The van der Waals surface area contributed by atoms with Gasteiger partial charge in [-0.25, -0.2) is 9.78 Å². The smallest absolute Gasteiger partial charge is 0.353 e. The van der Waals surface area contributed by atoms with Gasteiger partial charge in [0, 0.05) is 6.92 Å². The van der Waals surface area contributed by atoms with Gasteiger partial charge in [0.15, 0.2) is 5.16 Å². The van der Waals surface area contributed by atoms with Crippen molar-refractivity contribution >= 4 is 17.7 Å². The SMILES string of the molecule is CSc1ncn(COCCOC(C)=O)c(=O)n1. The third kappa shape index (κ3) is 4.96. The van der Waals surface area contributed by atoms with Crippen LogP contribution in [-0.2, 0) is 21.0 Å². The summed E-state index contributed by atoms with van der Waals surface area (Å²) in [6, 6.07) is 0. The zero-order chi connectivity index (χ0) is 12.7. The minimum atomic E-state index is -0.420. The second-order valence-electron chi connectivity index (χ2n) is 2.97. The third-order valence-electron chi connectivity index (χ3n) is 1.69. The minimum absolute atomic E-state index is 0.0365. The highest BCUT2D eigenvalue weighted by Crippen LogP contribution is 2.02. The Balaban J connectivity index is 2.37. The van der Waals surface area contributed by atoms with Gasteiger partial charge in [-0.15, -0.1) is 0 Å². The van der Waals surface area contributed by atoms with Crippen LogP contribution >= 0.6 is 11.8 Å². The quantitative estimate of drug-likeness (QED) is 0.400. The molecule has 1 rings (SSSR count). The van der Waals surface area contributed by atoms with E-state index in [0.717, 1.165) is 0 Å². The molecule has 1 heterocycles. The summed E-state index contributed by atoms with van der Waals surface area (Å²) in [6.45, 7) is 1.73. The zero-order valence-electron chi connectivity index (χ0n) is 9.58. The number of carbonyl (C=O) groups excluding carboxylic acids is 1. The molecule has 1 aromatic heterocycles. The van der Waals surface area contributed by atoms with Crippen LogP contribution in [0.1, 0.15) is 6.92 Å². The van der Waals surface area contributed by atoms with E-state index < -0.39 is 5.69 Å². The number of aromatic nitrogens is 3. The molecular weight excluding hydrogens is 246 g/mol. The van der Waals surface area contributed by atoms with Crippen LogP contribution in [0.15, 0.2) is 16.3 Å². The maximum absolute atomic E-state index is 11.4. The van der Waals surface area contributed by atoms with E-state index in [9.17, 15) is 9.59 Å². The van der Waals surface area contributed by atoms with Gasteiger partial charge in [0.1, 0.15) is 19.7 Å². The summed E-state index contributed by atoms with van der Waals surface area (Å²) in [4.78, 5) is 29.5. The molecule has 0 N–H and O–H groups in total. The Morgan fingerprint density at radius 1 is 1.53 bits per heavy atom. The Morgan fingerprint density at radius 3 is 2.88 bits per heavy atom. The highest BCUT2D eigenvalue weighted by molar-refractivity contribution is 7.98. The summed E-state index contributed by atoms with van der Waals surface area (Å²) in [5.41, 5.74) is -0.420. The van der Waals surface area contributed by atoms with Crippen molar-refractivity contribution in [2.45, 2.75) is 18.8 Å². The van der Waals surface area contributed by atoms with E-state index in [1.54, 1.807) is 6.26 Å². The molecule has 0 fully saturated rings. The maximum atomic E-state index is 11.4. The average Bonchev–Trinajstić information content (AvgIpc) is 2.30. The number of rotatable bonds is 6. The summed E-state index contributed by atoms with van der Waals surface area (Å²) in [5, 5.41) is 0.422. The number of ether oxygens (including phenoxy) is 2. The predicted molar refractivity (Wildman–Crippen MR) is 60.7 cm³/mol. The molecule has 0 aromatic carbocycles. The number of hydrogen-bond acceptors (Lipinski definition) is 7. The fourth-order valence-corrected chi connectivity index (χ4v) is 1.26. The van der Waals surface area contributed by atoms with E-state index >= 15 is 0 Å². The molecule has 0 amide bonds. The lowest BCUT2D eigenvalue weighted by Crippen LogP contribution is -2.25. The molecule has 0 saturated heterocycles. The standard InChI is InChI=1S/C9H13N3O4S/c1-7(13)16-4-3-15-6-12-5-10-8(17-2)11-9(12)14/h5H,3-4,6H2,1-2H3. The number of nitrogens with zero attached hydrogens (tertiary/aromatic N) is 3. The summed E-state index contributed by atoms with van der Waals surface area (Å²) in [5.74, 6) is -0.363. The molecule has 0 aliphatic rings. The normalized spacial score (nSPS) is 10.2. The van der Waals surface area contributed by atoms with Gasteiger partial charge in [0.2, 0.25) is 0 Å². The topological polar surface area (TPSA) is 83.3 Å². The van der Waals surface area contributed by atoms with Crippen molar-refractivity contribution < 1.29 is 14.3 Å². The molecule has 0 saturated carbocycles. The Hall–Kier alpha value is -1.41. The minimum Gasteiger partial charge on any atom is -0.463 e. The van der Waals surface area contributed by atoms with Crippen molar-refractivity contribution in [1.82, 2.24) is 14.5 Å². The maximum Gasteiger partial charge on any atom is 0.353 e. The zero-order valence-corrected chi connectivity index (χ0v) is 10.4. The van der Waals surface area contributed by atoms with Gasteiger partial charge in [-0.3, -0.25) is 9.36 Å². The average molecular weight is 259 g/mol. The highest BCUT2D eigenvalue weighted by atomic mass is 32.2. The van der Waals surface area contributed by atoms with Crippen LogP contribution in [0.3, 0.4) is 0 Å². The molecule has 0 aliphatic heterocycles. The van der Waals surface area contributed by atoms with Crippen LogP contribution in [0.5, 0.6) is 0 Å². The Bertz CT molecular complexity index is 434. The lowest BCUT2D eigenvalue weighted by Gasteiger charge is -2.06. The molecule has 8 heteroatoms. The molecule has 0 radical (unpaired) electrons. The van der Waals surface area contributed by atoms with Gasteiger partial charge in [-0.1, -0.05) is 11.8 Å². The van der Waals surface area contributed by atoms with Gasteiger partial charge in [0.05, 0.1) is 6.61 Å². The number of carbonyl (C=O) groups is 1. The first-order chi connectivity index (χ1) is 8.13. The molecule has 0 spiro atoms. The molecule has 17 heavy (non-hydrogen) atoms. The van der Waals surface area contributed by atoms with Crippen LogP contribution in [0, 0.1) is 0 Å². The number of esters is 1. The fraction of sp³-hybridized carbons (Fsp3) is 0.556. The van der Waals surface area contributed by atoms with Crippen LogP contribution in [0.4, 0.5) is 0 Å². The van der Waals surface area contributed by atoms with Crippen LogP contribution < -0.4 is 5.69 Å². The molecule has 7 nitrogen and oxygen atoms in total. The van der Waals surface area contributed by atoms with E-state index in [2.05, 4.69) is 14.7 Å². The van der Waals surface area contributed by atoms with Gasteiger partial charge in [0.25, 0.3) is 0 Å². The third-order valence-corrected chi connectivity index (χ3v) is 2.25. The summed E-state index contributed by atoms with van der Waals surface area (Å²) >= 11 is 1.29. The van der Waals surface area contributed by atoms with E-state index in [1.807, 2.05) is 0 Å². The largest absolute Gasteiger partial charge is 0.463 e. The molecule has 0 unspecified atom stereocenters. The second kappa shape index (κ2) is 7.02. The van der Waals surface area contributed by atoms with Gasteiger partial charge >= 0.3 is 11.7 Å². The molecule has 0 bridgehead atoms. The number of thioether (sulfide) groups is 1. The van der Waals surface area contributed by atoms with Gasteiger partial charge in [-0.2, -0.15) is 4.98 Å². The monoisotopic (exact) mass is 259 g/mol. The predicted octanol–water partition coefficient (Wildman–Crippen LogP) is -0.103. The van der Waals surface area contributed by atoms with Crippen molar-refractivity contribution in [2.75, 3.05) is 19.5 Å². The van der Waals surface area contributed by atoms with Gasteiger partial charge < -0.3 is 9.47 Å². The van der Waals surface area contributed by atoms with E-state index in [-0.39, 0.29) is 25.9 Å². The summed E-state index contributed by atoms with van der Waals surface area (Å²) < 4.78 is 11.0. The first kappa shape index (κ1) is 13.7. The summed E-state index contributed by atoms with van der Waals surface area (Å²) in [6.07, 6.45) is 3.15. The fourth-order valence-electron chi connectivity index (χ4n) is 0.938. The van der Waals surface area contributed by atoms with E-state index in [4.69, 9.17) is 4.74 Å². The van der Waals surface area contributed by atoms with Crippen LogP contribution in [0.25, 0.3) is 0 Å². The molecule has 0 aliphatic carbocycles. The number of hydrogen-bond donors (Lipinski definition) is 0. The van der Waals surface area contributed by atoms with Crippen LogP contribution in [0.2, 0.25) is 0 Å². The first-order valence-electron chi connectivity index (χ1n) is 4.82. The molecule has 0 atom stereocenters.